The van der Waals surface area contributed by atoms with E-state index in [-0.39, 0.29) is 6.04 Å². The summed E-state index contributed by atoms with van der Waals surface area (Å²) in [6, 6.07) is 5.49. The molecule has 4 rings (SSSR count). The van der Waals surface area contributed by atoms with Gasteiger partial charge in [0.1, 0.15) is 19.0 Å². The molecule has 8 heteroatoms. The van der Waals surface area contributed by atoms with E-state index in [1.165, 1.54) is 4.31 Å². The Balaban J connectivity index is 1.43. The van der Waals surface area contributed by atoms with E-state index >= 15 is 0 Å². The molecule has 3 aliphatic rings. The first-order chi connectivity index (χ1) is 13.4. The molecular weight excluding hydrogens is 380 g/mol. The number of rotatable bonds is 6. The fourth-order valence-electron chi connectivity index (χ4n) is 3.89. The average Bonchev–Trinajstić information content (AvgIpc) is 3.51. The lowest BCUT2D eigenvalue weighted by Crippen LogP contribution is -2.43. The van der Waals surface area contributed by atoms with Gasteiger partial charge in [0, 0.05) is 13.1 Å². The maximum Gasteiger partial charge on any atom is 0.237 e. The van der Waals surface area contributed by atoms with Crippen molar-refractivity contribution >= 4 is 15.9 Å². The van der Waals surface area contributed by atoms with Gasteiger partial charge in [0.2, 0.25) is 15.9 Å². The molecule has 2 aliphatic heterocycles. The van der Waals surface area contributed by atoms with Crippen molar-refractivity contribution in [2.24, 2.45) is 11.8 Å². The summed E-state index contributed by atoms with van der Waals surface area (Å²) >= 11 is 0. The molecule has 1 N–H and O–H groups in total. The fourth-order valence-corrected chi connectivity index (χ4v) is 5.26. The normalized spacial score (nSPS) is 21.9. The Morgan fingerprint density at radius 1 is 1.14 bits per heavy atom. The van der Waals surface area contributed by atoms with Gasteiger partial charge < -0.3 is 14.8 Å². The number of hydrogen-bond donors (Lipinski definition) is 1. The van der Waals surface area contributed by atoms with Crippen LogP contribution in [0, 0.1) is 11.8 Å². The van der Waals surface area contributed by atoms with Crippen molar-refractivity contribution in [3.05, 3.63) is 23.8 Å². The van der Waals surface area contributed by atoms with Crippen LogP contribution < -0.4 is 14.8 Å². The summed E-state index contributed by atoms with van der Waals surface area (Å²) in [6.45, 7) is 4.17. The van der Waals surface area contributed by atoms with Gasteiger partial charge in [-0.3, -0.25) is 4.79 Å². The predicted molar refractivity (Wildman–Crippen MR) is 105 cm³/mol. The highest BCUT2D eigenvalue weighted by molar-refractivity contribution is 7.89. The second kappa shape index (κ2) is 7.91. The van der Waals surface area contributed by atoms with Crippen molar-refractivity contribution in [2.45, 2.75) is 38.6 Å². The minimum absolute atomic E-state index is 0.195. The van der Waals surface area contributed by atoms with Gasteiger partial charge in [-0.1, -0.05) is 13.0 Å². The molecule has 0 aromatic heterocycles. The number of piperidine rings is 1. The van der Waals surface area contributed by atoms with Gasteiger partial charge in [-0.2, -0.15) is 0 Å². The van der Waals surface area contributed by atoms with E-state index in [0.29, 0.717) is 49.6 Å². The van der Waals surface area contributed by atoms with E-state index in [0.717, 1.165) is 31.2 Å². The Morgan fingerprint density at radius 2 is 1.82 bits per heavy atom. The maximum atomic E-state index is 12.6. The molecule has 154 valence electrons. The molecule has 0 bridgehead atoms. The lowest BCUT2D eigenvalue weighted by Gasteiger charge is -2.29. The first-order valence-corrected chi connectivity index (χ1v) is 11.7. The summed E-state index contributed by atoms with van der Waals surface area (Å²) in [7, 11) is -3.58. The number of ether oxygens (including phenoxy) is 2. The summed E-state index contributed by atoms with van der Waals surface area (Å²) in [6.07, 6.45) is 3.75. The van der Waals surface area contributed by atoms with Crippen molar-refractivity contribution in [2.75, 3.05) is 32.1 Å². The van der Waals surface area contributed by atoms with Gasteiger partial charge in [0.05, 0.1) is 6.04 Å². The maximum absolute atomic E-state index is 12.6. The molecule has 1 atom stereocenters. The number of carbonyl (C=O) groups is 1. The molecule has 28 heavy (non-hydrogen) atoms. The molecule has 1 aromatic carbocycles. The van der Waals surface area contributed by atoms with Crippen LogP contribution >= 0.6 is 0 Å². The summed E-state index contributed by atoms with van der Waals surface area (Å²) in [5, 5.41) is 2.96. The largest absolute Gasteiger partial charge is 0.486 e. The topological polar surface area (TPSA) is 84.9 Å². The number of hydrogen-bond acceptors (Lipinski definition) is 5. The molecule has 2 heterocycles. The molecule has 7 nitrogen and oxygen atoms in total. The molecule has 0 radical (unpaired) electrons. The highest BCUT2D eigenvalue weighted by atomic mass is 32.2. The number of nitrogens with one attached hydrogen (secondary N) is 1. The second-order valence-corrected chi connectivity index (χ2v) is 10.1. The fraction of sp³-hybridized carbons (Fsp3) is 0.650. The number of carbonyl (C=O) groups excluding carboxylic acids is 1. The minimum atomic E-state index is -3.58. The molecule has 1 saturated heterocycles. The molecular formula is C20H28N2O5S. The van der Waals surface area contributed by atoms with Gasteiger partial charge in [0.15, 0.2) is 11.5 Å². The van der Waals surface area contributed by atoms with Crippen LogP contribution in [0.1, 0.15) is 44.2 Å². The third kappa shape index (κ3) is 4.43. The SMILES string of the molecule is CC1CCN(S(=O)(=O)CC(=O)N[C@@H](c2ccc3c(c2)OCCO3)C2CC2)CC1. The average molecular weight is 409 g/mol. The van der Waals surface area contributed by atoms with Gasteiger partial charge in [-0.05, 0) is 55.2 Å². The number of sulfonamides is 1. The van der Waals surface area contributed by atoms with Crippen LogP contribution in [-0.2, 0) is 14.8 Å². The molecule has 1 amide bonds. The van der Waals surface area contributed by atoms with Crippen molar-refractivity contribution < 1.29 is 22.7 Å². The molecule has 1 saturated carbocycles. The number of benzene rings is 1. The smallest absolute Gasteiger partial charge is 0.237 e. The number of nitrogens with zero attached hydrogens (tertiary/aromatic N) is 1. The highest BCUT2D eigenvalue weighted by Crippen LogP contribution is 2.43. The van der Waals surface area contributed by atoms with E-state index in [9.17, 15) is 13.2 Å². The molecule has 2 fully saturated rings. The third-order valence-electron chi connectivity index (χ3n) is 5.78. The first kappa shape index (κ1) is 19.5. The predicted octanol–water partition coefficient (Wildman–Crippen LogP) is 2.09. The highest BCUT2D eigenvalue weighted by Gasteiger charge is 2.36. The van der Waals surface area contributed by atoms with Gasteiger partial charge in [-0.25, -0.2) is 12.7 Å². The van der Waals surface area contributed by atoms with Crippen molar-refractivity contribution in [1.29, 1.82) is 0 Å². The first-order valence-electron chi connectivity index (χ1n) is 10.1. The Labute approximate surface area is 166 Å². The van der Waals surface area contributed by atoms with Crippen LogP contribution in [0.15, 0.2) is 18.2 Å². The van der Waals surface area contributed by atoms with E-state index in [1.807, 2.05) is 18.2 Å². The zero-order valence-corrected chi connectivity index (χ0v) is 17.0. The monoisotopic (exact) mass is 408 g/mol. The molecule has 1 aromatic rings. The van der Waals surface area contributed by atoms with Gasteiger partial charge in [0.25, 0.3) is 0 Å². The summed E-state index contributed by atoms with van der Waals surface area (Å²) < 4.78 is 37.9. The lowest BCUT2D eigenvalue weighted by atomic mass is 10.0. The van der Waals surface area contributed by atoms with E-state index in [2.05, 4.69) is 12.2 Å². The quantitative estimate of drug-likeness (QED) is 0.779. The van der Waals surface area contributed by atoms with Crippen molar-refractivity contribution in [1.82, 2.24) is 9.62 Å². The molecule has 0 spiro atoms. The molecule has 0 unspecified atom stereocenters. The lowest BCUT2D eigenvalue weighted by molar-refractivity contribution is -0.119. The van der Waals surface area contributed by atoms with Gasteiger partial charge >= 0.3 is 0 Å². The Kier molecular flexibility index (Phi) is 5.51. The Hall–Kier alpha value is -1.80. The third-order valence-corrected chi connectivity index (χ3v) is 7.56. The zero-order valence-electron chi connectivity index (χ0n) is 16.2. The van der Waals surface area contributed by atoms with Crippen LogP contribution in [0.25, 0.3) is 0 Å². The van der Waals surface area contributed by atoms with E-state index in [1.54, 1.807) is 0 Å². The van der Waals surface area contributed by atoms with Crippen LogP contribution in [-0.4, -0.2) is 50.7 Å². The number of fused-ring (bicyclic) bond motifs is 1. The van der Waals surface area contributed by atoms with Crippen molar-refractivity contribution in [3.63, 3.8) is 0 Å². The van der Waals surface area contributed by atoms with Crippen LogP contribution in [0.4, 0.5) is 0 Å². The van der Waals surface area contributed by atoms with Gasteiger partial charge in [-0.15, -0.1) is 0 Å². The summed E-state index contributed by atoms with van der Waals surface area (Å²) in [5.41, 5.74) is 0.935. The standard InChI is InChI=1S/C20H28N2O5S/c1-14-6-8-22(9-7-14)28(24,25)13-19(23)21-20(15-2-3-15)16-4-5-17-18(12-16)27-11-10-26-17/h4-5,12,14-15,20H,2-3,6-11,13H2,1H3,(H,21,23)/t20-/m1/s1. The second-order valence-electron chi connectivity index (χ2n) is 8.12. The van der Waals surface area contributed by atoms with Crippen molar-refractivity contribution in [3.8, 4) is 11.5 Å². The minimum Gasteiger partial charge on any atom is -0.486 e. The Morgan fingerprint density at radius 3 is 2.50 bits per heavy atom. The van der Waals surface area contributed by atoms with Crippen LogP contribution in [0.5, 0.6) is 11.5 Å². The van der Waals surface area contributed by atoms with E-state index in [4.69, 9.17) is 9.47 Å². The van der Waals surface area contributed by atoms with Crippen LogP contribution in [0.2, 0.25) is 0 Å². The van der Waals surface area contributed by atoms with E-state index < -0.39 is 21.7 Å². The number of amides is 1. The summed E-state index contributed by atoms with van der Waals surface area (Å²) in [5.74, 6) is 1.33. The zero-order chi connectivity index (χ0) is 19.7. The molecule has 1 aliphatic carbocycles. The Bertz CT molecular complexity index is 829. The van der Waals surface area contributed by atoms with Crippen LogP contribution in [0.3, 0.4) is 0 Å². The summed E-state index contributed by atoms with van der Waals surface area (Å²) in [4.78, 5) is 12.6.